The second kappa shape index (κ2) is 16.8. The van der Waals surface area contributed by atoms with Gasteiger partial charge in [-0.2, -0.15) is 0 Å². The van der Waals surface area contributed by atoms with E-state index in [1.807, 2.05) is 0 Å². The van der Waals surface area contributed by atoms with Gasteiger partial charge in [-0.3, -0.25) is 4.52 Å². The summed E-state index contributed by atoms with van der Waals surface area (Å²) in [5.74, 6) is -0.0948. The summed E-state index contributed by atoms with van der Waals surface area (Å²) in [6.45, 7) is 2.21. The maximum absolute atomic E-state index is 10.9. The Morgan fingerprint density at radius 1 is 0.957 bits per heavy atom. The van der Waals surface area contributed by atoms with Crippen molar-refractivity contribution in [3.63, 3.8) is 0 Å². The number of unbranched alkanes of at least 4 members (excludes halogenated alkanes) is 9. The quantitative estimate of drug-likeness (QED) is 0.174. The first-order chi connectivity index (χ1) is 10.4. The molecule has 0 bridgehead atoms. The number of halogens is 1. The summed E-state index contributed by atoms with van der Waals surface area (Å²) in [4.78, 5) is 17.7. The van der Waals surface area contributed by atoms with Crippen molar-refractivity contribution in [2.45, 2.75) is 89.8 Å². The number of rotatable bonds is 15. The summed E-state index contributed by atoms with van der Waals surface area (Å²) in [6, 6.07) is 0. The number of hydrogen-bond acceptors (Lipinski definition) is 3. The minimum absolute atomic E-state index is 0. The molecule has 136 valence electrons. The molecule has 0 amide bonds. The Bertz CT molecular complexity index is 304. The molecule has 0 rings (SSSR count). The van der Waals surface area contributed by atoms with Crippen LogP contribution in [0, 0.1) is 0 Å². The van der Waals surface area contributed by atoms with Crippen LogP contribution in [0.2, 0.25) is 0 Å². The molecule has 0 aliphatic heterocycles. The molecular weight excluding hydrogens is 350 g/mol. The first kappa shape index (κ1) is 26.6. The molecule has 2 atom stereocenters. The third kappa shape index (κ3) is 18.0. The fourth-order valence-corrected chi connectivity index (χ4v) is 3.22. The van der Waals surface area contributed by atoms with Gasteiger partial charge in [0.1, 0.15) is 0 Å². The van der Waals surface area contributed by atoms with Crippen LogP contribution in [-0.2, 0) is 9.09 Å². The topological polar surface area (TPSA) is 87.0 Å². The number of alkyl halides is 1. The van der Waals surface area contributed by atoms with Crippen molar-refractivity contribution in [2.24, 2.45) is 0 Å². The molecule has 0 saturated carbocycles. The Morgan fingerprint density at radius 2 is 1.39 bits per heavy atom. The Kier molecular flexibility index (Phi) is 19.4. The first-order valence-corrected chi connectivity index (χ1v) is 10.4. The van der Waals surface area contributed by atoms with Crippen LogP contribution in [0.3, 0.4) is 0 Å². The molecule has 0 aromatic rings. The fraction of sp³-hybridized carbons (Fsp3) is 1.00. The average Bonchev–Trinajstić information content (AvgIpc) is 2.46. The van der Waals surface area contributed by atoms with Gasteiger partial charge in [-0.1, -0.05) is 71.1 Å². The van der Waals surface area contributed by atoms with E-state index in [2.05, 4.69) is 11.4 Å². The van der Waals surface area contributed by atoms with Crippen LogP contribution in [0.4, 0.5) is 0 Å². The van der Waals surface area contributed by atoms with Crippen LogP contribution in [0.1, 0.15) is 77.6 Å². The van der Waals surface area contributed by atoms with E-state index in [-0.39, 0.29) is 35.4 Å². The number of aliphatic hydroxyl groups excluding tert-OH is 1. The molecule has 3 N–H and O–H groups in total. The van der Waals surface area contributed by atoms with Gasteiger partial charge in [0.15, 0.2) is 0 Å². The number of aliphatic hydroxyl groups is 1. The number of phosphoric acid groups is 1. The predicted molar refractivity (Wildman–Crippen MR) is 97.3 cm³/mol. The Balaban J connectivity index is 0. The van der Waals surface area contributed by atoms with Crippen molar-refractivity contribution < 1.29 is 24.0 Å². The molecule has 0 heterocycles. The van der Waals surface area contributed by atoms with Gasteiger partial charge in [0.2, 0.25) is 0 Å². The molecule has 23 heavy (non-hydrogen) atoms. The second-order valence-electron chi connectivity index (χ2n) is 5.83. The molecule has 0 saturated heterocycles. The molecule has 0 aliphatic carbocycles. The van der Waals surface area contributed by atoms with Gasteiger partial charge in [0.25, 0.3) is 0 Å². The average molecular weight is 383 g/mol. The standard InChI is InChI=1S/C15H32ClO5P.Na.H/c1-2-3-4-5-6-7-8-9-10-11-12-15(14(17)13-16)21-22(18,19)20;;/h14-15,17H,2-13H2,1H3,(H2,18,19,20);;. The van der Waals surface area contributed by atoms with Crippen molar-refractivity contribution in [1.29, 1.82) is 0 Å². The van der Waals surface area contributed by atoms with Gasteiger partial charge in [0.05, 0.1) is 18.1 Å². The van der Waals surface area contributed by atoms with Crippen LogP contribution in [0.5, 0.6) is 0 Å². The van der Waals surface area contributed by atoms with Crippen molar-refractivity contribution in [1.82, 2.24) is 0 Å². The van der Waals surface area contributed by atoms with Gasteiger partial charge >= 0.3 is 37.4 Å². The zero-order valence-corrected chi connectivity index (χ0v) is 15.3. The van der Waals surface area contributed by atoms with Gasteiger partial charge in [-0.15, -0.1) is 11.6 Å². The summed E-state index contributed by atoms with van der Waals surface area (Å²) >= 11 is 5.53. The van der Waals surface area contributed by atoms with Crippen LogP contribution < -0.4 is 0 Å². The molecule has 0 spiro atoms. The molecule has 0 fully saturated rings. The molecule has 0 aromatic heterocycles. The van der Waals surface area contributed by atoms with Crippen LogP contribution >= 0.6 is 19.4 Å². The molecular formula is C15H33ClNaO5P. The van der Waals surface area contributed by atoms with Crippen molar-refractivity contribution in [3.05, 3.63) is 0 Å². The van der Waals surface area contributed by atoms with Gasteiger partial charge in [0, 0.05) is 0 Å². The van der Waals surface area contributed by atoms with E-state index in [0.717, 1.165) is 19.3 Å². The summed E-state index contributed by atoms with van der Waals surface area (Å²) in [5.41, 5.74) is 0. The summed E-state index contributed by atoms with van der Waals surface area (Å²) in [6.07, 6.45) is 10.3. The number of phosphoric ester groups is 1. The monoisotopic (exact) mass is 382 g/mol. The van der Waals surface area contributed by atoms with Gasteiger partial charge < -0.3 is 14.9 Å². The first-order valence-electron chi connectivity index (χ1n) is 8.38. The van der Waals surface area contributed by atoms with Crippen molar-refractivity contribution >= 4 is 49.0 Å². The molecule has 2 unspecified atom stereocenters. The van der Waals surface area contributed by atoms with E-state index in [1.54, 1.807) is 0 Å². The Labute approximate surface area is 168 Å². The molecule has 0 aromatic carbocycles. The van der Waals surface area contributed by atoms with E-state index in [4.69, 9.17) is 21.4 Å². The molecule has 5 nitrogen and oxygen atoms in total. The SMILES string of the molecule is CCCCCCCCCCCCC(OP(=O)(O)O)C(O)CCl.[NaH]. The van der Waals surface area contributed by atoms with E-state index < -0.39 is 20.0 Å². The summed E-state index contributed by atoms with van der Waals surface area (Å²) in [5, 5.41) is 9.62. The molecule has 8 heteroatoms. The number of hydrogen-bond donors (Lipinski definition) is 3. The maximum atomic E-state index is 10.9. The zero-order valence-electron chi connectivity index (χ0n) is 13.6. The normalized spacial score (nSPS) is 14.3. The molecule has 0 aliphatic rings. The van der Waals surface area contributed by atoms with Gasteiger partial charge in [-0.25, -0.2) is 4.57 Å². The minimum atomic E-state index is -4.59. The third-order valence-corrected chi connectivity index (χ3v) is 4.56. The zero-order chi connectivity index (χ0) is 16.8. The Morgan fingerprint density at radius 3 is 1.78 bits per heavy atom. The van der Waals surface area contributed by atoms with E-state index in [0.29, 0.717) is 6.42 Å². The van der Waals surface area contributed by atoms with E-state index >= 15 is 0 Å². The summed E-state index contributed by atoms with van der Waals surface area (Å²) in [7, 11) is -4.59. The fourth-order valence-electron chi connectivity index (χ4n) is 2.42. The van der Waals surface area contributed by atoms with Crippen molar-refractivity contribution in [2.75, 3.05) is 5.88 Å². The third-order valence-electron chi connectivity index (χ3n) is 3.70. The second-order valence-corrected chi connectivity index (χ2v) is 7.33. The van der Waals surface area contributed by atoms with Crippen LogP contribution in [-0.4, -0.2) is 62.5 Å². The van der Waals surface area contributed by atoms with Crippen molar-refractivity contribution in [3.8, 4) is 0 Å². The summed E-state index contributed by atoms with van der Waals surface area (Å²) < 4.78 is 15.5. The van der Waals surface area contributed by atoms with E-state index in [9.17, 15) is 9.67 Å². The van der Waals surface area contributed by atoms with Crippen LogP contribution in [0.25, 0.3) is 0 Å². The molecule has 0 radical (unpaired) electrons. The van der Waals surface area contributed by atoms with Gasteiger partial charge in [-0.05, 0) is 6.42 Å². The van der Waals surface area contributed by atoms with E-state index in [1.165, 1.54) is 44.9 Å². The predicted octanol–water partition coefficient (Wildman–Crippen LogP) is 3.73. The Hall–Kier alpha value is 1.36. The van der Waals surface area contributed by atoms with Crippen LogP contribution in [0.15, 0.2) is 0 Å².